The van der Waals surface area contributed by atoms with Crippen molar-refractivity contribution in [3.63, 3.8) is 0 Å². The first-order chi connectivity index (χ1) is 9.40. The Morgan fingerprint density at radius 2 is 1.70 bits per heavy atom. The van der Waals surface area contributed by atoms with Gasteiger partial charge in [0.25, 0.3) is 0 Å². The van der Waals surface area contributed by atoms with Crippen LogP contribution in [0.15, 0.2) is 24.3 Å². The van der Waals surface area contributed by atoms with E-state index in [2.05, 4.69) is 49.8 Å². The van der Waals surface area contributed by atoms with Gasteiger partial charge in [-0.05, 0) is 62.1 Å². The Bertz CT molecular complexity index is 632. The molecule has 2 rings (SSSR count). The Morgan fingerprint density at radius 1 is 1.00 bits per heavy atom. The highest BCUT2D eigenvalue weighted by molar-refractivity contribution is 5.51. The molecule has 0 aliphatic heterocycles. The van der Waals surface area contributed by atoms with Crippen molar-refractivity contribution in [3.05, 3.63) is 52.2 Å². The highest BCUT2D eigenvalue weighted by Crippen LogP contribution is 2.21. The largest absolute Gasteiger partial charge is 0.397 e. The van der Waals surface area contributed by atoms with Gasteiger partial charge in [0.1, 0.15) is 5.82 Å². The van der Waals surface area contributed by atoms with Crippen molar-refractivity contribution in [3.8, 4) is 0 Å². The standard InChI is InChI=1S/C17H23N3/c1-11-6-7-15(13(3)12(11)2)10-20(5)17-9-8-16(18)14(4)19-17/h6-9H,10,18H2,1-5H3. The van der Waals surface area contributed by atoms with Gasteiger partial charge in [0.15, 0.2) is 0 Å². The van der Waals surface area contributed by atoms with Gasteiger partial charge in [0.2, 0.25) is 0 Å². The summed E-state index contributed by atoms with van der Waals surface area (Å²) in [4.78, 5) is 6.70. The van der Waals surface area contributed by atoms with Crippen LogP contribution in [0.1, 0.15) is 27.9 Å². The molecule has 106 valence electrons. The third-order valence-electron chi connectivity index (χ3n) is 4.08. The van der Waals surface area contributed by atoms with E-state index >= 15 is 0 Å². The quantitative estimate of drug-likeness (QED) is 0.926. The summed E-state index contributed by atoms with van der Waals surface area (Å²) in [6.45, 7) is 9.31. The molecule has 0 aliphatic rings. The van der Waals surface area contributed by atoms with Gasteiger partial charge in [-0.1, -0.05) is 12.1 Å². The molecule has 1 heterocycles. The normalized spacial score (nSPS) is 10.7. The van der Waals surface area contributed by atoms with Crippen LogP contribution in [0.2, 0.25) is 0 Å². The zero-order valence-corrected chi connectivity index (χ0v) is 13.0. The Balaban J connectivity index is 2.25. The first-order valence-electron chi connectivity index (χ1n) is 6.90. The Kier molecular flexibility index (Phi) is 3.98. The fourth-order valence-electron chi connectivity index (χ4n) is 2.29. The number of aromatic nitrogens is 1. The molecule has 3 heteroatoms. The van der Waals surface area contributed by atoms with E-state index in [1.165, 1.54) is 22.3 Å². The van der Waals surface area contributed by atoms with Gasteiger partial charge in [-0.3, -0.25) is 0 Å². The van der Waals surface area contributed by atoms with Crippen molar-refractivity contribution >= 4 is 11.5 Å². The summed E-state index contributed by atoms with van der Waals surface area (Å²) >= 11 is 0. The lowest BCUT2D eigenvalue weighted by Gasteiger charge is -2.21. The molecule has 2 N–H and O–H groups in total. The molecule has 0 fully saturated rings. The molecular weight excluding hydrogens is 246 g/mol. The number of hydrogen-bond acceptors (Lipinski definition) is 3. The van der Waals surface area contributed by atoms with Gasteiger partial charge >= 0.3 is 0 Å². The number of rotatable bonds is 3. The minimum absolute atomic E-state index is 0.740. The van der Waals surface area contributed by atoms with Gasteiger partial charge in [-0.25, -0.2) is 4.98 Å². The second-order valence-corrected chi connectivity index (χ2v) is 5.49. The topological polar surface area (TPSA) is 42.1 Å². The van der Waals surface area contributed by atoms with Gasteiger partial charge in [-0.2, -0.15) is 0 Å². The Morgan fingerprint density at radius 3 is 2.35 bits per heavy atom. The maximum atomic E-state index is 5.82. The van der Waals surface area contributed by atoms with E-state index in [1.54, 1.807) is 0 Å². The van der Waals surface area contributed by atoms with E-state index in [0.29, 0.717) is 0 Å². The van der Waals surface area contributed by atoms with E-state index < -0.39 is 0 Å². The first-order valence-corrected chi connectivity index (χ1v) is 6.90. The zero-order valence-electron chi connectivity index (χ0n) is 13.0. The lowest BCUT2D eigenvalue weighted by molar-refractivity contribution is 0.883. The minimum atomic E-state index is 0.740. The van der Waals surface area contributed by atoms with Crippen molar-refractivity contribution in [1.29, 1.82) is 0 Å². The summed E-state index contributed by atoms with van der Waals surface area (Å²) in [5.41, 5.74) is 12.9. The lowest BCUT2D eigenvalue weighted by atomic mass is 9.98. The number of nitrogens with zero attached hydrogens (tertiary/aromatic N) is 2. The summed E-state index contributed by atoms with van der Waals surface area (Å²) in [5, 5.41) is 0. The van der Waals surface area contributed by atoms with Crippen LogP contribution in [0.3, 0.4) is 0 Å². The average Bonchev–Trinajstić information content (AvgIpc) is 2.42. The summed E-state index contributed by atoms with van der Waals surface area (Å²) in [7, 11) is 2.06. The smallest absolute Gasteiger partial charge is 0.128 e. The second-order valence-electron chi connectivity index (χ2n) is 5.49. The molecule has 0 spiro atoms. The van der Waals surface area contributed by atoms with Crippen molar-refractivity contribution in [2.75, 3.05) is 17.7 Å². The van der Waals surface area contributed by atoms with E-state index in [4.69, 9.17) is 5.73 Å². The van der Waals surface area contributed by atoms with E-state index in [-0.39, 0.29) is 0 Å². The fourth-order valence-corrected chi connectivity index (χ4v) is 2.29. The maximum Gasteiger partial charge on any atom is 0.128 e. The van der Waals surface area contributed by atoms with E-state index in [0.717, 1.165) is 23.7 Å². The molecule has 0 radical (unpaired) electrons. The number of anilines is 2. The van der Waals surface area contributed by atoms with Crippen molar-refractivity contribution < 1.29 is 0 Å². The van der Waals surface area contributed by atoms with Crippen molar-refractivity contribution in [2.24, 2.45) is 0 Å². The van der Waals surface area contributed by atoms with Gasteiger partial charge < -0.3 is 10.6 Å². The van der Waals surface area contributed by atoms with Crippen LogP contribution in [0.5, 0.6) is 0 Å². The molecule has 0 atom stereocenters. The number of pyridine rings is 1. The Labute approximate surface area is 121 Å². The number of benzene rings is 1. The molecule has 0 saturated carbocycles. The number of hydrogen-bond donors (Lipinski definition) is 1. The number of nitrogens with two attached hydrogens (primary N) is 1. The van der Waals surface area contributed by atoms with Crippen LogP contribution in [0, 0.1) is 27.7 Å². The SMILES string of the molecule is Cc1ccc(CN(C)c2ccc(N)c(C)n2)c(C)c1C. The van der Waals surface area contributed by atoms with Gasteiger partial charge in [0, 0.05) is 13.6 Å². The summed E-state index contributed by atoms with van der Waals surface area (Å²) in [5.74, 6) is 0.953. The number of aryl methyl sites for hydroxylation is 2. The van der Waals surface area contributed by atoms with Crippen LogP contribution in [-0.2, 0) is 6.54 Å². The van der Waals surface area contributed by atoms with Crippen LogP contribution in [0.4, 0.5) is 11.5 Å². The number of nitrogen functional groups attached to an aromatic ring is 1. The van der Waals surface area contributed by atoms with Crippen LogP contribution in [0.25, 0.3) is 0 Å². The average molecular weight is 269 g/mol. The predicted octanol–water partition coefficient (Wildman–Crippen LogP) is 3.53. The van der Waals surface area contributed by atoms with Crippen molar-refractivity contribution in [1.82, 2.24) is 4.98 Å². The van der Waals surface area contributed by atoms with Crippen LogP contribution >= 0.6 is 0 Å². The molecule has 1 aromatic carbocycles. The van der Waals surface area contributed by atoms with Crippen LogP contribution < -0.4 is 10.6 Å². The third-order valence-corrected chi connectivity index (χ3v) is 4.08. The molecule has 0 aliphatic carbocycles. The molecule has 0 amide bonds. The predicted molar refractivity (Wildman–Crippen MR) is 86.1 cm³/mol. The van der Waals surface area contributed by atoms with Gasteiger partial charge in [-0.15, -0.1) is 0 Å². The molecule has 2 aromatic rings. The third kappa shape index (κ3) is 2.77. The first kappa shape index (κ1) is 14.4. The summed E-state index contributed by atoms with van der Waals surface area (Å²) in [6.07, 6.45) is 0. The van der Waals surface area contributed by atoms with E-state index in [1.807, 2.05) is 19.1 Å². The molecule has 0 unspecified atom stereocenters. The monoisotopic (exact) mass is 269 g/mol. The second kappa shape index (κ2) is 5.53. The summed E-state index contributed by atoms with van der Waals surface area (Å²) < 4.78 is 0. The maximum absolute atomic E-state index is 5.82. The molecule has 3 nitrogen and oxygen atoms in total. The molecule has 20 heavy (non-hydrogen) atoms. The molecule has 0 saturated heterocycles. The van der Waals surface area contributed by atoms with Crippen molar-refractivity contribution in [2.45, 2.75) is 34.2 Å². The summed E-state index contributed by atoms with van der Waals surface area (Å²) in [6, 6.07) is 8.28. The highest BCUT2D eigenvalue weighted by Gasteiger charge is 2.09. The fraction of sp³-hybridized carbons (Fsp3) is 0.353. The zero-order chi connectivity index (χ0) is 14.9. The molecule has 1 aromatic heterocycles. The van der Waals surface area contributed by atoms with Gasteiger partial charge in [0.05, 0.1) is 11.4 Å². The Hall–Kier alpha value is -2.03. The molecule has 0 bridgehead atoms. The van der Waals surface area contributed by atoms with Crippen LogP contribution in [-0.4, -0.2) is 12.0 Å². The minimum Gasteiger partial charge on any atom is -0.397 e. The lowest BCUT2D eigenvalue weighted by Crippen LogP contribution is -2.19. The van der Waals surface area contributed by atoms with E-state index in [9.17, 15) is 0 Å². The molecular formula is C17H23N3. The highest BCUT2D eigenvalue weighted by atomic mass is 15.2.